The molecule has 1 fully saturated rings. The van der Waals surface area contributed by atoms with Crippen LogP contribution < -0.4 is 22.1 Å². The summed E-state index contributed by atoms with van der Waals surface area (Å²) < 4.78 is 0. The number of aliphatic carboxylic acids is 2. The molecule has 1 saturated heterocycles. The Balaban J connectivity index is 2.09. The highest BCUT2D eigenvalue weighted by Gasteiger charge is 2.38. The minimum absolute atomic E-state index is 0.0544. The van der Waals surface area contributed by atoms with Gasteiger partial charge in [0.15, 0.2) is 0 Å². The van der Waals surface area contributed by atoms with Crippen LogP contribution in [0.5, 0.6) is 0 Å². The van der Waals surface area contributed by atoms with E-state index >= 15 is 0 Å². The maximum atomic E-state index is 13.1. The van der Waals surface area contributed by atoms with E-state index in [1.807, 2.05) is 0 Å². The summed E-state index contributed by atoms with van der Waals surface area (Å²) >= 11 is 0. The summed E-state index contributed by atoms with van der Waals surface area (Å²) in [6, 6.07) is 4.75. The molecule has 1 heterocycles. The molecular formula is C25H37N5O7. The summed E-state index contributed by atoms with van der Waals surface area (Å²) in [5.41, 5.74) is 12.2. The van der Waals surface area contributed by atoms with Gasteiger partial charge in [-0.3, -0.25) is 19.2 Å². The van der Waals surface area contributed by atoms with Gasteiger partial charge >= 0.3 is 11.9 Å². The summed E-state index contributed by atoms with van der Waals surface area (Å²) in [6.45, 7) is 0.688. The molecule has 1 aliphatic rings. The maximum absolute atomic E-state index is 13.1. The van der Waals surface area contributed by atoms with E-state index in [-0.39, 0.29) is 25.7 Å². The Labute approximate surface area is 215 Å². The molecule has 12 heteroatoms. The number of nitrogens with zero attached hydrogens (tertiary/aromatic N) is 1. The molecule has 3 amide bonds. The number of carboxylic acid groups (broad SMARTS) is 2. The number of amides is 3. The molecule has 0 aliphatic carbocycles. The van der Waals surface area contributed by atoms with Gasteiger partial charge in [0.05, 0.1) is 6.04 Å². The molecule has 0 radical (unpaired) electrons. The summed E-state index contributed by atoms with van der Waals surface area (Å²) in [6.07, 6.45) is 2.05. The van der Waals surface area contributed by atoms with E-state index < -0.39 is 53.8 Å². The van der Waals surface area contributed by atoms with Crippen LogP contribution in [0.15, 0.2) is 30.3 Å². The van der Waals surface area contributed by atoms with Crippen molar-refractivity contribution in [2.75, 3.05) is 13.1 Å². The first-order valence-electron chi connectivity index (χ1n) is 12.5. The number of nitrogens with one attached hydrogen (secondary N) is 2. The van der Waals surface area contributed by atoms with E-state index in [4.69, 9.17) is 16.6 Å². The van der Waals surface area contributed by atoms with E-state index in [1.165, 1.54) is 4.90 Å². The van der Waals surface area contributed by atoms with Crippen LogP contribution in [-0.4, -0.2) is 82.0 Å². The summed E-state index contributed by atoms with van der Waals surface area (Å²) in [7, 11) is 0. The van der Waals surface area contributed by atoms with Crippen LogP contribution in [0.25, 0.3) is 0 Å². The van der Waals surface area contributed by atoms with Gasteiger partial charge < -0.3 is 37.2 Å². The van der Waals surface area contributed by atoms with Crippen LogP contribution in [-0.2, 0) is 30.4 Å². The Hall–Kier alpha value is -3.51. The Morgan fingerprint density at radius 3 is 2.32 bits per heavy atom. The fourth-order valence-electron chi connectivity index (χ4n) is 4.27. The number of carbonyl (C=O) groups is 5. The first kappa shape index (κ1) is 29.7. The number of nitrogens with two attached hydrogens (primary N) is 2. The van der Waals surface area contributed by atoms with E-state index in [1.54, 1.807) is 30.3 Å². The van der Waals surface area contributed by atoms with Crippen LogP contribution in [0.2, 0.25) is 0 Å². The van der Waals surface area contributed by atoms with Gasteiger partial charge in [0, 0.05) is 19.4 Å². The minimum atomic E-state index is -1.20. The first-order chi connectivity index (χ1) is 17.6. The standard InChI is InChI=1S/C25H37N5O7/c26-13-5-4-9-18(22(33)29-19(25(36)37)15-16-7-2-1-3-8-16)28-23(34)20-10-6-14-30(20)24(35)17(27)11-12-21(31)32/h1-3,7-8,17-20H,4-6,9-15,26-27H2,(H,28,34)(H,29,33)(H,31,32)(H,36,37). The number of carbonyl (C=O) groups excluding carboxylic acids is 3. The molecule has 1 aromatic carbocycles. The van der Waals surface area contributed by atoms with Gasteiger partial charge in [0.1, 0.15) is 18.1 Å². The predicted octanol–water partition coefficient (Wildman–Crippen LogP) is -0.405. The van der Waals surface area contributed by atoms with E-state index in [0.717, 1.165) is 5.56 Å². The maximum Gasteiger partial charge on any atom is 0.326 e. The Bertz CT molecular complexity index is 943. The Morgan fingerprint density at radius 2 is 1.70 bits per heavy atom. The average Bonchev–Trinajstić information content (AvgIpc) is 3.36. The Kier molecular flexibility index (Phi) is 12.0. The topological polar surface area (TPSA) is 205 Å². The zero-order valence-corrected chi connectivity index (χ0v) is 20.8. The second kappa shape index (κ2) is 14.9. The fraction of sp³-hybridized carbons (Fsp3) is 0.560. The largest absolute Gasteiger partial charge is 0.481 e. The van der Waals surface area contributed by atoms with E-state index in [0.29, 0.717) is 38.8 Å². The quantitative estimate of drug-likeness (QED) is 0.166. The molecule has 0 aromatic heterocycles. The van der Waals surface area contributed by atoms with Crippen molar-refractivity contribution in [2.24, 2.45) is 11.5 Å². The second-order valence-corrected chi connectivity index (χ2v) is 9.16. The summed E-state index contributed by atoms with van der Waals surface area (Å²) in [5.74, 6) is -3.97. The normalized spacial score (nSPS) is 17.5. The molecular weight excluding hydrogens is 482 g/mol. The third kappa shape index (κ3) is 9.47. The fourth-order valence-corrected chi connectivity index (χ4v) is 4.27. The van der Waals surface area contributed by atoms with Crippen LogP contribution in [0, 0.1) is 0 Å². The first-order valence-corrected chi connectivity index (χ1v) is 12.5. The second-order valence-electron chi connectivity index (χ2n) is 9.16. The minimum Gasteiger partial charge on any atom is -0.481 e. The van der Waals surface area contributed by atoms with Gasteiger partial charge in [-0.15, -0.1) is 0 Å². The van der Waals surface area contributed by atoms with Crippen LogP contribution >= 0.6 is 0 Å². The highest BCUT2D eigenvalue weighted by atomic mass is 16.4. The third-order valence-electron chi connectivity index (χ3n) is 6.30. The number of hydrogen-bond donors (Lipinski definition) is 6. The molecule has 37 heavy (non-hydrogen) atoms. The van der Waals surface area contributed by atoms with Crippen molar-refractivity contribution < 1.29 is 34.2 Å². The lowest BCUT2D eigenvalue weighted by Crippen LogP contribution is -2.56. The monoisotopic (exact) mass is 519 g/mol. The van der Waals surface area contributed by atoms with Crippen molar-refractivity contribution in [3.05, 3.63) is 35.9 Å². The molecule has 4 unspecified atom stereocenters. The number of carboxylic acids is 2. The lowest BCUT2D eigenvalue weighted by atomic mass is 10.0. The lowest BCUT2D eigenvalue weighted by molar-refractivity contribution is -0.143. The van der Waals surface area contributed by atoms with Crippen molar-refractivity contribution in [1.82, 2.24) is 15.5 Å². The molecule has 0 spiro atoms. The predicted molar refractivity (Wildman–Crippen MR) is 134 cm³/mol. The summed E-state index contributed by atoms with van der Waals surface area (Å²) in [5, 5.41) is 23.7. The van der Waals surface area contributed by atoms with Crippen molar-refractivity contribution in [1.29, 1.82) is 0 Å². The lowest BCUT2D eigenvalue weighted by Gasteiger charge is -2.28. The van der Waals surface area contributed by atoms with Crippen molar-refractivity contribution in [3.8, 4) is 0 Å². The van der Waals surface area contributed by atoms with Crippen LogP contribution in [0.3, 0.4) is 0 Å². The van der Waals surface area contributed by atoms with E-state index in [9.17, 15) is 29.1 Å². The molecule has 0 bridgehead atoms. The van der Waals surface area contributed by atoms with E-state index in [2.05, 4.69) is 10.6 Å². The van der Waals surface area contributed by atoms with Gasteiger partial charge in [0.25, 0.3) is 0 Å². The molecule has 8 N–H and O–H groups in total. The number of likely N-dealkylation sites (tertiary alicyclic amines) is 1. The van der Waals surface area contributed by atoms with Crippen LogP contribution in [0.4, 0.5) is 0 Å². The van der Waals surface area contributed by atoms with Gasteiger partial charge in [0.2, 0.25) is 17.7 Å². The van der Waals surface area contributed by atoms with Crippen molar-refractivity contribution >= 4 is 29.7 Å². The SMILES string of the molecule is NCCCCC(NC(=O)C1CCCN1C(=O)C(N)CCC(=O)O)C(=O)NC(Cc1ccccc1)C(=O)O. The number of unbranched alkanes of at least 4 members (excludes halogenated alkanes) is 1. The van der Waals surface area contributed by atoms with Gasteiger partial charge in [-0.2, -0.15) is 0 Å². The number of hydrogen-bond acceptors (Lipinski definition) is 7. The molecule has 204 valence electrons. The van der Waals surface area contributed by atoms with Crippen molar-refractivity contribution in [3.63, 3.8) is 0 Å². The van der Waals surface area contributed by atoms with Crippen molar-refractivity contribution in [2.45, 2.75) is 75.5 Å². The molecule has 4 atom stereocenters. The number of benzene rings is 1. The smallest absolute Gasteiger partial charge is 0.326 e. The van der Waals surface area contributed by atoms with Gasteiger partial charge in [-0.1, -0.05) is 30.3 Å². The molecule has 2 rings (SSSR count). The average molecular weight is 520 g/mol. The number of rotatable bonds is 15. The molecule has 1 aromatic rings. The Morgan fingerprint density at radius 1 is 1.00 bits per heavy atom. The highest BCUT2D eigenvalue weighted by molar-refractivity contribution is 5.94. The molecule has 0 saturated carbocycles. The molecule has 1 aliphatic heterocycles. The summed E-state index contributed by atoms with van der Waals surface area (Å²) in [4.78, 5) is 63.0. The molecule has 12 nitrogen and oxygen atoms in total. The van der Waals surface area contributed by atoms with Crippen LogP contribution in [0.1, 0.15) is 50.5 Å². The highest BCUT2D eigenvalue weighted by Crippen LogP contribution is 2.20. The zero-order chi connectivity index (χ0) is 27.4. The van der Waals surface area contributed by atoms with Gasteiger partial charge in [-0.05, 0) is 50.6 Å². The zero-order valence-electron chi connectivity index (χ0n) is 20.8. The third-order valence-corrected chi connectivity index (χ3v) is 6.30. The van der Waals surface area contributed by atoms with Gasteiger partial charge in [-0.25, -0.2) is 4.79 Å².